The van der Waals surface area contributed by atoms with Gasteiger partial charge < -0.3 is 14.8 Å². The Labute approximate surface area is 69.6 Å². The molecular formula is C9H9NO2. The summed E-state index contributed by atoms with van der Waals surface area (Å²) in [6.45, 7) is 0. The predicted molar refractivity (Wildman–Crippen MR) is 46.5 cm³/mol. The van der Waals surface area contributed by atoms with Crippen LogP contribution in [0.25, 0.3) is 10.9 Å². The number of aromatic amines is 1. The molecule has 0 amide bonds. The Morgan fingerprint density at radius 3 is 2.92 bits per heavy atom. The highest BCUT2D eigenvalue weighted by molar-refractivity contribution is 5.82. The van der Waals surface area contributed by atoms with Crippen molar-refractivity contribution < 1.29 is 9.84 Å². The predicted octanol–water partition coefficient (Wildman–Crippen LogP) is 1.88. The average molecular weight is 163 g/mol. The minimum atomic E-state index is 0.256. The first-order valence-corrected chi connectivity index (χ1v) is 3.65. The third-order valence-electron chi connectivity index (χ3n) is 1.80. The maximum atomic E-state index is 9.15. The number of benzene rings is 1. The second-order valence-electron chi connectivity index (χ2n) is 2.61. The molecule has 3 nitrogen and oxygen atoms in total. The summed E-state index contributed by atoms with van der Waals surface area (Å²) >= 11 is 0. The van der Waals surface area contributed by atoms with Crippen LogP contribution in [0.2, 0.25) is 0 Å². The summed E-state index contributed by atoms with van der Waals surface area (Å²) in [5.74, 6) is 0.961. The fourth-order valence-electron chi connectivity index (χ4n) is 1.20. The fourth-order valence-corrected chi connectivity index (χ4v) is 1.20. The monoisotopic (exact) mass is 163 g/mol. The minimum absolute atomic E-state index is 0.256. The Hall–Kier alpha value is -1.64. The Morgan fingerprint density at radius 1 is 1.33 bits per heavy atom. The summed E-state index contributed by atoms with van der Waals surface area (Å²) in [5.41, 5.74) is 0.881. The maximum Gasteiger partial charge on any atom is 0.191 e. The van der Waals surface area contributed by atoms with E-state index in [4.69, 9.17) is 9.84 Å². The number of H-pyrrole nitrogens is 1. The molecule has 2 aromatic rings. The fraction of sp³-hybridized carbons (Fsp3) is 0.111. The highest BCUT2D eigenvalue weighted by Gasteiger charge is 1.99. The van der Waals surface area contributed by atoms with Crippen molar-refractivity contribution in [2.75, 3.05) is 7.11 Å². The van der Waals surface area contributed by atoms with Crippen molar-refractivity contribution in [1.82, 2.24) is 4.98 Å². The van der Waals surface area contributed by atoms with Gasteiger partial charge in [-0.3, -0.25) is 0 Å². The van der Waals surface area contributed by atoms with Crippen molar-refractivity contribution in [2.24, 2.45) is 0 Å². The number of fused-ring (bicyclic) bond motifs is 1. The van der Waals surface area contributed by atoms with Crippen molar-refractivity contribution in [3.05, 3.63) is 24.3 Å². The molecule has 0 atom stereocenters. The normalized spacial score (nSPS) is 10.4. The molecular weight excluding hydrogens is 154 g/mol. The number of ether oxygens (including phenoxy) is 1. The molecule has 1 aromatic carbocycles. The van der Waals surface area contributed by atoms with Crippen LogP contribution < -0.4 is 4.74 Å². The standard InChI is InChI=1S/C9H9NO2/c1-12-9-4-6-2-3-7(11)5-8(6)10-9/h2-5,10-11H,1H3. The minimum Gasteiger partial charge on any atom is -0.508 e. The highest BCUT2D eigenvalue weighted by atomic mass is 16.5. The first kappa shape index (κ1) is 7.03. The van der Waals surface area contributed by atoms with Crippen LogP contribution in [0.1, 0.15) is 0 Å². The lowest BCUT2D eigenvalue weighted by molar-refractivity contribution is 0.401. The van der Waals surface area contributed by atoms with E-state index >= 15 is 0 Å². The average Bonchev–Trinajstić information content (AvgIpc) is 2.46. The molecule has 0 aliphatic heterocycles. The molecule has 0 aliphatic carbocycles. The highest BCUT2D eigenvalue weighted by Crippen LogP contribution is 2.23. The Morgan fingerprint density at radius 2 is 2.17 bits per heavy atom. The van der Waals surface area contributed by atoms with Crippen molar-refractivity contribution >= 4 is 10.9 Å². The van der Waals surface area contributed by atoms with Crippen LogP contribution in [0.5, 0.6) is 11.6 Å². The molecule has 0 fully saturated rings. The van der Waals surface area contributed by atoms with Crippen LogP contribution in [0.15, 0.2) is 24.3 Å². The number of rotatable bonds is 1. The Kier molecular flexibility index (Phi) is 1.43. The van der Waals surface area contributed by atoms with Crippen LogP contribution in [-0.4, -0.2) is 17.2 Å². The Bertz CT molecular complexity index is 406. The Balaban J connectivity index is 2.67. The molecule has 0 saturated carbocycles. The van der Waals surface area contributed by atoms with E-state index in [1.807, 2.05) is 12.1 Å². The van der Waals surface area contributed by atoms with Gasteiger partial charge in [-0.1, -0.05) is 0 Å². The van der Waals surface area contributed by atoms with E-state index in [1.165, 1.54) is 0 Å². The van der Waals surface area contributed by atoms with Gasteiger partial charge in [0.15, 0.2) is 5.88 Å². The maximum absolute atomic E-state index is 9.15. The van der Waals surface area contributed by atoms with Crippen molar-refractivity contribution in [3.8, 4) is 11.6 Å². The lowest BCUT2D eigenvalue weighted by Crippen LogP contribution is -1.79. The van der Waals surface area contributed by atoms with E-state index in [9.17, 15) is 0 Å². The molecule has 62 valence electrons. The molecule has 1 aromatic heterocycles. The summed E-state index contributed by atoms with van der Waals surface area (Å²) in [5, 5.41) is 10.2. The largest absolute Gasteiger partial charge is 0.508 e. The van der Waals surface area contributed by atoms with Crippen LogP contribution in [0, 0.1) is 0 Å². The second kappa shape index (κ2) is 2.44. The lowest BCUT2D eigenvalue weighted by atomic mass is 10.2. The zero-order valence-corrected chi connectivity index (χ0v) is 6.66. The summed E-state index contributed by atoms with van der Waals surface area (Å²) in [4.78, 5) is 3.00. The van der Waals surface area contributed by atoms with E-state index in [0.717, 1.165) is 10.9 Å². The summed E-state index contributed by atoms with van der Waals surface area (Å²) in [6, 6.07) is 7.03. The molecule has 1 heterocycles. The number of hydrogen-bond donors (Lipinski definition) is 2. The van der Waals surface area contributed by atoms with Crippen molar-refractivity contribution in [2.45, 2.75) is 0 Å². The molecule has 0 spiro atoms. The van der Waals surface area contributed by atoms with Gasteiger partial charge in [0.05, 0.1) is 12.6 Å². The lowest BCUT2D eigenvalue weighted by Gasteiger charge is -1.90. The van der Waals surface area contributed by atoms with E-state index in [0.29, 0.717) is 5.88 Å². The summed E-state index contributed by atoms with van der Waals surface area (Å²) < 4.78 is 5.00. The van der Waals surface area contributed by atoms with Gasteiger partial charge in [-0.15, -0.1) is 0 Å². The van der Waals surface area contributed by atoms with Gasteiger partial charge in [0.1, 0.15) is 5.75 Å². The van der Waals surface area contributed by atoms with Gasteiger partial charge in [-0.25, -0.2) is 0 Å². The second-order valence-corrected chi connectivity index (χ2v) is 2.61. The summed E-state index contributed by atoms with van der Waals surface area (Å²) in [6.07, 6.45) is 0. The molecule has 0 bridgehead atoms. The van der Waals surface area contributed by atoms with Gasteiger partial charge in [0.2, 0.25) is 0 Å². The molecule has 0 aliphatic rings. The first-order chi connectivity index (χ1) is 5.79. The van der Waals surface area contributed by atoms with Gasteiger partial charge in [-0.2, -0.15) is 0 Å². The zero-order valence-electron chi connectivity index (χ0n) is 6.66. The van der Waals surface area contributed by atoms with E-state index < -0.39 is 0 Å². The quantitative estimate of drug-likeness (QED) is 0.674. The topological polar surface area (TPSA) is 45.2 Å². The van der Waals surface area contributed by atoms with E-state index in [-0.39, 0.29) is 5.75 Å². The van der Waals surface area contributed by atoms with Crippen LogP contribution in [0.3, 0.4) is 0 Å². The van der Waals surface area contributed by atoms with Gasteiger partial charge in [0.25, 0.3) is 0 Å². The smallest absolute Gasteiger partial charge is 0.191 e. The number of phenols is 1. The molecule has 0 radical (unpaired) electrons. The van der Waals surface area contributed by atoms with Crippen LogP contribution >= 0.6 is 0 Å². The molecule has 0 saturated heterocycles. The van der Waals surface area contributed by atoms with Gasteiger partial charge in [0, 0.05) is 17.5 Å². The number of nitrogens with one attached hydrogen (secondary N) is 1. The molecule has 3 heteroatoms. The van der Waals surface area contributed by atoms with Gasteiger partial charge in [-0.05, 0) is 12.1 Å². The first-order valence-electron chi connectivity index (χ1n) is 3.65. The molecule has 12 heavy (non-hydrogen) atoms. The van der Waals surface area contributed by atoms with Crippen molar-refractivity contribution in [3.63, 3.8) is 0 Å². The molecule has 2 rings (SSSR count). The molecule has 2 N–H and O–H groups in total. The molecule has 0 unspecified atom stereocenters. The number of aromatic hydroxyl groups is 1. The number of hydrogen-bond acceptors (Lipinski definition) is 2. The van der Waals surface area contributed by atoms with Gasteiger partial charge >= 0.3 is 0 Å². The third-order valence-corrected chi connectivity index (χ3v) is 1.80. The number of methoxy groups -OCH3 is 1. The van der Waals surface area contributed by atoms with E-state index in [2.05, 4.69) is 4.98 Å². The van der Waals surface area contributed by atoms with Crippen molar-refractivity contribution in [1.29, 1.82) is 0 Å². The number of phenolic OH excluding ortho intramolecular Hbond substituents is 1. The van der Waals surface area contributed by atoms with Crippen LogP contribution in [-0.2, 0) is 0 Å². The number of aromatic nitrogens is 1. The zero-order chi connectivity index (χ0) is 8.55. The third kappa shape index (κ3) is 0.993. The van der Waals surface area contributed by atoms with Crippen LogP contribution in [0.4, 0.5) is 0 Å². The summed E-state index contributed by atoms with van der Waals surface area (Å²) in [7, 11) is 1.60. The van der Waals surface area contributed by atoms with E-state index in [1.54, 1.807) is 19.2 Å². The SMILES string of the molecule is COc1cc2ccc(O)cc2[nH]1.